The summed E-state index contributed by atoms with van der Waals surface area (Å²) in [5.74, 6) is 0. The standard InChI is InChI=1S/C12H25NO2/c1-10(2,11(3,4)14)13-9-12(15)7-5-6-8-12/h13-15H,5-9H2,1-4H3. The topological polar surface area (TPSA) is 52.5 Å². The van der Waals surface area contributed by atoms with Crippen molar-refractivity contribution in [2.75, 3.05) is 6.54 Å². The highest BCUT2D eigenvalue weighted by Gasteiger charge is 2.38. The van der Waals surface area contributed by atoms with Gasteiger partial charge in [-0.1, -0.05) is 12.8 Å². The van der Waals surface area contributed by atoms with Gasteiger partial charge >= 0.3 is 0 Å². The Hall–Kier alpha value is -0.120. The van der Waals surface area contributed by atoms with Gasteiger partial charge in [0.2, 0.25) is 0 Å². The third-order valence-electron chi connectivity index (χ3n) is 3.92. The molecule has 1 aliphatic rings. The maximum atomic E-state index is 10.2. The molecule has 0 heterocycles. The fourth-order valence-electron chi connectivity index (χ4n) is 1.81. The van der Waals surface area contributed by atoms with Crippen LogP contribution in [0.5, 0.6) is 0 Å². The molecule has 0 amide bonds. The Labute approximate surface area is 92.9 Å². The van der Waals surface area contributed by atoms with Crippen LogP contribution in [-0.4, -0.2) is 33.5 Å². The van der Waals surface area contributed by atoms with Gasteiger partial charge in [0.05, 0.1) is 11.2 Å². The zero-order valence-corrected chi connectivity index (χ0v) is 10.4. The van der Waals surface area contributed by atoms with E-state index in [-0.39, 0.29) is 5.54 Å². The molecule has 3 nitrogen and oxygen atoms in total. The Balaban J connectivity index is 2.49. The molecule has 0 unspecified atom stereocenters. The van der Waals surface area contributed by atoms with Crippen LogP contribution in [0.2, 0.25) is 0 Å². The number of nitrogens with one attached hydrogen (secondary N) is 1. The minimum Gasteiger partial charge on any atom is -0.389 e. The molecule has 3 N–H and O–H groups in total. The van der Waals surface area contributed by atoms with Gasteiger partial charge in [-0.2, -0.15) is 0 Å². The highest BCUT2D eigenvalue weighted by molar-refractivity contribution is 4.96. The van der Waals surface area contributed by atoms with Gasteiger partial charge in [0.1, 0.15) is 0 Å². The van der Waals surface area contributed by atoms with Crippen LogP contribution in [-0.2, 0) is 0 Å². The monoisotopic (exact) mass is 215 g/mol. The summed E-state index contributed by atoms with van der Waals surface area (Å²) in [6.45, 7) is 8.08. The van der Waals surface area contributed by atoms with Gasteiger partial charge in [-0.05, 0) is 40.5 Å². The van der Waals surface area contributed by atoms with Crippen molar-refractivity contribution in [2.24, 2.45) is 0 Å². The van der Waals surface area contributed by atoms with Crippen LogP contribution in [0.4, 0.5) is 0 Å². The van der Waals surface area contributed by atoms with E-state index in [9.17, 15) is 10.2 Å². The molecule has 0 radical (unpaired) electrons. The van der Waals surface area contributed by atoms with E-state index >= 15 is 0 Å². The van der Waals surface area contributed by atoms with Crippen LogP contribution in [0.25, 0.3) is 0 Å². The first-order chi connectivity index (χ1) is 6.66. The molecule has 90 valence electrons. The lowest BCUT2D eigenvalue weighted by atomic mass is 9.85. The summed E-state index contributed by atoms with van der Waals surface area (Å²) < 4.78 is 0. The largest absolute Gasteiger partial charge is 0.389 e. The van der Waals surface area contributed by atoms with E-state index < -0.39 is 11.2 Å². The number of aliphatic hydroxyl groups is 2. The van der Waals surface area contributed by atoms with Gasteiger partial charge in [-0.3, -0.25) is 0 Å². The average molecular weight is 215 g/mol. The second kappa shape index (κ2) is 4.04. The SMILES string of the molecule is CC(C)(O)C(C)(C)NCC1(O)CCCC1. The molecule has 0 saturated heterocycles. The molecule has 0 aromatic heterocycles. The number of hydrogen-bond donors (Lipinski definition) is 3. The Morgan fingerprint density at radius 1 is 1.13 bits per heavy atom. The van der Waals surface area contributed by atoms with Crippen molar-refractivity contribution < 1.29 is 10.2 Å². The van der Waals surface area contributed by atoms with Crippen molar-refractivity contribution in [3.8, 4) is 0 Å². The van der Waals surface area contributed by atoms with Gasteiger partial charge in [-0.15, -0.1) is 0 Å². The molecular weight excluding hydrogens is 190 g/mol. The summed E-state index contributed by atoms with van der Waals surface area (Å²) in [6, 6.07) is 0. The van der Waals surface area contributed by atoms with Crippen LogP contribution in [0.15, 0.2) is 0 Å². The van der Waals surface area contributed by atoms with Crippen LogP contribution < -0.4 is 5.32 Å². The Kier molecular flexibility index (Phi) is 3.49. The molecule has 0 aromatic carbocycles. The highest BCUT2D eigenvalue weighted by atomic mass is 16.3. The Bertz CT molecular complexity index is 212. The van der Waals surface area contributed by atoms with Gasteiger partial charge in [0.15, 0.2) is 0 Å². The first kappa shape index (κ1) is 12.9. The molecule has 3 heteroatoms. The van der Waals surface area contributed by atoms with Crippen LogP contribution in [0, 0.1) is 0 Å². The normalized spacial score (nSPS) is 22.0. The lowest BCUT2D eigenvalue weighted by Gasteiger charge is -2.40. The van der Waals surface area contributed by atoms with Gasteiger partial charge < -0.3 is 15.5 Å². The molecular formula is C12H25NO2. The molecule has 0 aliphatic heterocycles. The second-order valence-electron chi connectivity index (χ2n) is 5.97. The van der Waals surface area contributed by atoms with Crippen LogP contribution in [0.1, 0.15) is 53.4 Å². The minimum absolute atomic E-state index is 0.384. The molecule has 1 fully saturated rings. The Morgan fingerprint density at radius 3 is 2.00 bits per heavy atom. The number of hydrogen-bond acceptors (Lipinski definition) is 3. The average Bonchev–Trinajstić information content (AvgIpc) is 2.48. The van der Waals surface area contributed by atoms with Gasteiger partial charge in [0.25, 0.3) is 0 Å². The maximum absolute atomic E-state index is 10.2. The zero-order valence-electron chi connectivity index (χ0n) is 10.4. The minimum atomic E-state index is -0.790. The smallest absolute Gasteiger partial charge is 0.0771 e. The Morgan fingerprint density at radius 2 is 1.60 bits per heavy atom. The molecule has 0 atom stereocenters. The van der Waals surface area contributed by atoms with E-state index in [1.807, 2.05) is 13.8 Å². The van der Waals surface area contributed by atoms with Crippen molar-refractivity contribution in [2.45, 2.75) is 70.1 Å². The third kappa shape index (κ3) is 3.16. The summed E-state index contributed by atoms with van der Waals surface area (Å²) in [7, 11) is 0. The summed E-state index contributed by atoms with van der Waals surface area (Å²) in [4.78, 5) is 0. The fourth-order valence-corrected chi connectivity index (χ4v) is 1.81. The van der Waals surface area contributed by atoms with E-state index in [0.717, 1.165) is 25.7 Å². The van der Waals surface area contributed by atoms with E-state index in [1.165, 1.54) is 0 Å². The lowest BCUT2D eigenvalue weighted by Crippen LogP contribution is -2.59. The number of β-amino-alcohol motifs (C(OH)–C–C–N with tert-alkyl or cyclic N) is 1. The third-order valence-corrected chi connectivity index (χ3v) is 3.92. The molecule has 15 heavy (non-hydrogen) atoms. The molecule has 0 bridgehead atoms. The van der Waals surface area contributed by atoms with Gasteiger partial charge in [-0.25, -0.2) is 0 Å². The predicted molar refractivity (Wildman–Crippen MR) is 61.8 cm³/mol. The van der Waals surface area contributed by atoms with Crippen molar-refractivity contribution >= 4 is 0 Å². The maximum Gasteiger partial charge on any atom is 0.0771 e. The first-order valence-corrected chi connectivity index (χ1v) is 5.86. The molecule has 0 spiro atoms. The van der Waals surface area contributed by atoms with E-state index in [1.54, 1.807) is 13.8 Å². The van der Waals surface area contributed by atoms with E-state index in [2.05, 4.69) is 5.32 Å². The molecule has 1 aliphatic carbocycles. The fraction of sp³-hybridized carbons (Fsp3) is 1.00. The van der Waals surface area contributed by atoms with Gasteiger partial charge in [0, 0.05) is 12.1 Å². The van der Waals surface area contributed by atoms with Crippen molar-refractivity contribution in [1.82, 2.24) is 5.32 Å². The second-order valence-corrected chi connectivity index (χ2v) is 5.97. The van der Waals surface area contributed by atoms with Crippen LogP contribution >= 0.6 is 0 Å². The molecule has 1 saturated carbocycles. The van der Waals surface area contributed by atoms with Crippen LogP contribution in [0.3, 0.4) is 0 Å². The van der Waals surface area contributed by atoms with E-state index in [0.29, 0.717) is 6.54 Å². The lowest BCUT2D eigenvalue weighted by molar-refractivity contribution is -0.0236. The number of rotatable bonds is 4. The predicted octanol–water partition coefficient (Wildman–Crippen LogP) is 1.43. The molecule has 0 aromatic rings. The van der Waals surface area contributed by atoms with E-state index in [4.69, 9.17) is 0 Å². The van der Waals surface area contributed by atoms with Crippen molar-refractivity contribution in [3.05, 3.63) is 0 Å². The summed E-state index contributed by atoms with van der Waals surface area (Å²) in [6.07, 6.45) is 3.98. The van der Waals surface area contributed by atoms with Crippen molar-refractivity contribution in [1.29, 1.82) is 0 Å². The molecule has 1 rings (SSSR count). The summed E-state index contributed by atoms with van der Waals surface area (Å²) in [5, 5.41) is 23.4. The highest BCUT2D eigenvalue weighted by Crippen LogP contribution is 2.30. The first-order valence-electron chi connectivity index (χ1n) is 5.86. The quantitative estimate of drug-likeness (QED) is 0.665. The summed E-state index contributed by atoms with van der Waals surface area (Å²) in [5.41, 5.74) is -1.73. The summed E-state index contributed by atoms with van der Waals surface area (Å²) >= 11 is 0. The van der Waals surface area contributed by atoms with Crippen molar-refractivity contribution in [3.63, 3.8) is 0 Å². The zero-order chi connectivity index (χ0) is 11.7.